The number of aliphatic imine (C=N–C) groups is 1. The van der Waals surface area contributed by atoms with E-state index in [0.717, 1.165) is 19.3 Å². The lowest BCUT2D eigenvalue weighted by atomic mass is 10.1. The molecule has 3 N–H and O–H groups in total. The van der Waals surface area contributed by atoms with Crippen molar-refractivity contribution in [2.24, 2.45) is 4.99 Å². The van der Waals surface area contributed by atoms with Gasteiger partial charge < -0.3 is 20.7 Å². The zero-order chi connectivity index (χ0) is 22.5. The third-order valence-electron chi connectivity index (χ3n) is 4.06. The highest BCUT2D eigenvalue weighted by Crippen LogP contribution is 2.07. The third kappa shape index (κ3) is 15.9. The number of sulfonamides is 1. The molecular formula is C19H42IN5O4S. The van der Waals surface area contributed by atoms with Crippen molar-refractivity contribution >= 4 is 46.1 Å². The van der Waals surface area contributed by atoms with Crippen LogP contribution in [-0.4, -0.2) is 75.9 Å². The van der Waals surface area contributed by atoms with Gasteiger partial charge in [0.1, 0.15) is 5.60 Å². The minimum Gasteiger partial charge on any atom is -0.444 e. The van der Waals surface area contributed by atoms with Crippen LogP contribution in [0.4, 0.5) is 4.79 Å². The summed E-state index contributed by atoms with van der Waals surface area (Å²) in [5, 5.41) is 9.34. The van der Waals surface area contributed by atoms with Crippen LogP contribution >= 0.6 is 24.0 Å². The molecule has 9 nitrogen and oxygen atoms in total. The van der Waals surface area contributed by atoms with E-state index >= 15 is 0 Å². The smallest absolute Gasteiger partial charge is 0.407 e. The van der Waals surface area contributed by atoms with E-state index in [1.54, 1.807) is 7.05 Å². The van der Waals surface area contributed by atoms with Crippen molar-refractivity contribution in [2.45, 2.75) is 71.9 Å². The van der Waals surface area contributed by atoms with Gasteiger partial charge in [0, 0.05) is 39.3 Å². The molecule has 0 heterocycles. The molecule has 0 saturated carbocycles. The molecule has 0 saturated heterocycles. The first-order chi connectivity index (χ1) is 13.4. The highest BCUT2D eigenvalue weighted by Gasteiger charge is 2.18. The van der Waals surface area contributed by atoms with Crippen molar-refractivity contribution in [1.82, 2.24) is 20.3 Å². The van der Waals surface area contributed by atoms with Crippen LogP contribution < -0.4 is 16.0 Å². The lowest BCUT2D eigenvalue weighted by molar-refractivity contribution is 0.0522. The maximum atomic E-state index is 11.9. The molecule has 1 amide bonds. The number of nitrogens with zero attached hydrogens (tertiary/aromatic N) is 2. The third-order valence-corrected chi connectivity index (χ3v) is 5.44. The van der Waals surface area contributed by atoms with Gasteiger partial charge in [0.15, 0.2) is 5.96 Å². The topological polar surface area (TPSA) is 112 Å². The minimum atomic E-state index is -3.17. The number of hydrogen-bond acceptors (Lipinski definition) is 5. The van der Waals surface area contributed by atoms with E-state index in [-0.39, 0.29) is 30.0 Å². The summed E-state index contributed by atoms with van der Waals surface area (Å²) in [6.07, 6.45) is 4.39. The van der Waals surface area contributed by atoms with E-state index < -0.39 is 21.7 Å². The Balaban J connectivity index is 0. The predicted octanol–water partition coefficient (Wildman–Crippen LogP) is 2.52. The van der Waals surface area contributed by atoms with Gasteiger partial charge >= 0.3 is 6.09 Å². The zero-order valence-electron chi connectivity index (χ0n) is 19.6. The number of unbranched alkanes of at least 4 members (excludes halogenated alkanes) is 1. The largest absolute Gasteiger partial charge is 0.444 e. The molecule has 0 radical (unpaired) electrons. The molecule has 1 atom stereocenters. The number of amides is 1. The predicted molar refractivity (Wildman–Crippen MR) is 134 cm³/mol. The monoisotopic (exact) mass is 563 g/mol. The van der Waals surface area contributed by atoms with Crippen LogP contribution in [-0.2, 0) is 14.8 Å². The molecule has 30 heavy (non-hydrogen) atoms. The number of carbonyl (C=O) groups is 1. The first kappa shape index (κ1) is 31.4. The lowest BCUT2D eigenvalue weighted by Gasteiger charge is -2.24. The highest BCUT2D eigenvalue weighted by molar-refractivity contribution is 14.0. The van der Waals surface area contributed by atoms with Crippen molar-refractivity contribution in [2.75, 3.05) is 39.5 Å². The second-order valence-corrected chi connectivity index (χ2v) is 9.96. The first-order valence-electron chi connectivity index (χ1n) is 10.3. The van der Waals surface area contributed by atoms with E-state index in [9.17, 15) is 13.2 Å². The number of halogens is 1. The first-order valence-corrected chi connectivity index (χ1v) is 12.2. The SMILES string of the molecule is CCCCC(CNC(=O)OC(C)(C)C)NC(=NC)NCCCN(CC)S(C)(=O)=O.I. The van der Waals surface area contributed by atoms with Gasteiger partial charge in [0.2, 0.25) is 10.0 Å². The fraction of sp³-hybridized carbons (Fsp3) is 0.895. The molecular weight excluding hydrogens is 521 g/mol. The molecule has 0 aromatic rings. The van der Waals surface area contributed by atoms with E-state index in [1.807, 2.05) is 27.7 Å². The summed E-state index contributed by atoms with van der Waals surface area (Å²) >= 11 is 0. The average Bonchev–Trinajstić information content (AvgIpc) is 2.59. The van der Waals surface area contributed by atoms with E-state index in [0.29, 0.717) is 38.6 Å². The maximum absolute atomic E-state index is 11.9. The molecule has 0 spiro atoms. The Morgan fingerprint density at radius 1 is 1.17 bits per heavy atom. The van der Waals surface area contributed by atoms with Gasteiger partial charge in [-0.25, -0.2) is 17.5 Å². The molecule has 180 valence electrons. The van der Waals surface area contributed by atoms with Crippen molar-refractivity contribution in [1.29, 1.82) is 0 Å². The normalized spacial score (nSPS) is 13.4. The number of guanidine groups is 1. The van der Waals surface area contributed by atoms with Gasteiger partial charge in [-0.3, -0.25) is 4.99 Å². The van der Waals surface area contributed by atoms with Gasteiger partial charge in [0.05, 0.1) is 6.26 Å². The van der Waals surface area contributed by atoms with Crippen molar-refractivity contribution in [3.63, 3.8) is 0 Å². The highest BCUT2D eigenvalue weighted by atomic mass is 127. The molecule has 0 fully saturated rings. The number of nitrogens with one attached hydrogen (secondary N) is 3. The molecule has 0 rings (SSSR count). The zero-order valence-corrected chi connectivity index (χ0v) is 22.7. The van der Waals surface area contributed by atoms with Crippen molar-refractivity contribution < 1.29 is 17.9 Å². The van der Waals surface area contributed by atoms with Crippen LogP contribution in [0.2, 0.25) is 0 Å². The summed E-state index contributed by atoms with van der Waals surface area (Å²) in [6, 6.07) is 0.0110. The Kier molecular flexibility index (Phi) is 16.6. The summed E-state index contributed by atoms with van der Waals surface area (Å²) in [5.41, 5.74) is -0.535. The van der Waals surface area contributed by atoms with Crippen molar-refractivity contribution in [3.8, 4) is 0 Å². The molecule has 0 aliphatic rings. The fourth-order valence-electron chi connectivity index (χ4n) is 2.61. The van der Waals surface area contributed by atoms with Gasteiger partial charge in [-0.2, -0.15) is 0 Å². The van der Waals surface area contributed by atoms with Gasteiger partial charge in [-0.15, -0.1) is 24.0 Å². The summed E-state index contributed by atoms with van der Waals surface area (Å²) in [7, 11) is -1.49. The molecule has 11 heteroatoms. The summed E-state index contributed by atoms with van der Waals surface area (Å²) < 4.78 is 30.0. The molecule has 0 bridgehead atoms. The molecule has 0 aromatic heterocycles. The lowest BCUT2D eigenvalue weighted by Crippen LogP contribution is -2.49. The number of hydrogen-bond donors (Lipinski definition) is 3. The van der Waals surface area contributed by atoms with Gasteiger partial charge in [0.25, 0.3) is 0 Å². The minimum absolute atomic E-state index is 0. The van der Waals surface area contributed by atoms with Crippen LogP contribution in [0.3, 0.4) is 0 Å². The van der Waals surface area contributed by atoms with Crippen LogP contribution in [0.15, 0.2) is 4.99 Å². The number of rotatable bonds is 12. The average molecular weight is 564 g/mol. The Hall–Kier alpha value is -0.820. The second kappa shape index (κ2) is 15.9. The number of ether oxygens (including phenoxy) is 1. The molecule has 0 aliphatic heterocycles. The van der Waals surface area contributed by atoms with E-state index in [1.165, 1.54) is 10.6 Å². The number of alkyl carbamates (subject to hydrolysis) is 1. The van der Waals surface area contributed by atoms with Crippen LogP contribution in [0.1, 0.15) is 60.3 Å². The van der Waals surface area contributed by atoms with Crippen molar-refractivity contribution in [3.05, 3.63) is 0 Å². The van der Waals surface area contributed by atoms with E-state index in [4.69, 9.17) is 4.74 Å². The van der Waals surface area contributed by atoms with Gasteiger partial charge in [-0.05, 0) is 33.6 Å². The summed E-state index contributed by atoms with van der Waals surface area (Å²) in [5.74, 6) is 0.625. The van der Waals surface area contributed by atoms with Crippen LogP contribution in [0, 0.1) is 0 Å². The van der Waals surface area contributed by atoms with Crippen LogP contribution in [0.25, 0.3) is 0 Å². The fourth-order valence-corrected chi connectivity index (χ4v) is 3.53. The second-order valence-electron chi connectivity index (χ2n) is 7.97. The Labute approximate surface area is 200 Å². The molecule has 0 aromatic carbocycles. The number of carbonyl (C=O) groups excluding carboxylic acids is 1. The van der Waals surface area contributed by atoms with Crippen LogP contribution in [0.5, 0.6) is 0 Å². The Bertz CT molecular complexity index is 609. The molecule has 0 aliphatic carbocycles. The Morgan fingerprint density at radius 3 is 2.27 bits per heavy atom. The Morgan fingerprint density at radius 2 is 1.80 bits per heavy atom. The standard InChI is InChI=1S/C19H41N5O4S.HI/c1-8-10-12-16(15-22-18(25)28-19(3,4)5)23-17(20-6)21-13-11-14-24(9-2)29(7,26)27;/h16H,8-15H2,1-7H3,(H,22,25)(H2,20,21,23);1H. The summed E-state index contributed by atoms with van der Waals surface area (Å²) in [6.45, 7) is 11.4. The van der Waals surface area contributed by atoms with E-state index in [2.05, 4.69) is 27.9 Å². The summed E-state index contributed by atoms with van der Waals surface area (Å²) in [4.78, 5) is 16.1. The molecule has 1 unspecified atom stereocenters. The van der Waals surface area contributed by atoms with Gasteiger partial charge in [-0.1, -0.05) is 26.7 Å². The quantitative estimate of drug-likeness (QED) is 0.146. The maximum Gasteiger partial charge on any atom is 0.407 e.